The zero-order chi connectivity index (χ0) is 10.3. The highest BCUT2D eigenvalue weighted by molar-refractivity contribution is 5.36. The fraction of sp³-hybridized carbons (Fsp3) is 0.400. The van der Waals surface area contributed by atoms with E-state index >= 15 is 0 Å². The van der Waals surface area contributed by atoms with Gasteiger partial charge in [-0.25, -0.2) is 8.78 Å². The van der Waals surface area contributed by atoms with Crippen LogP contribution in [0.2, 0.25) is 0 Å². The van der Waals surface area contributed by atoms with Crippen LogP contribution in [-0.2, 0) is 5.60 Å². The van der Waals surface area contributed by atoms with Gasteiger partial charge < -0.3 is 9.84 Å². The lowest BCUT2D eigenvalue weighted by Gasteiger charge is -2.11. The van der Waals surface area contributed by atoms with E-state index in [0.29, 0.717) is 12.8 Å². The Hall–Kier alpha value is -1.16. The first-order chi connectivity index (χ1) is 6.57. The third-order valence-corrected chi connectivity index (χ3v) is 2.47. The van der Waals surface area contributed by atoms with E-state index in [2.05, 4.69) is 4.74 Å². The van der Waals surface area contributed by atoms with Gasteiger partial charge in [0.1, 0.15) is 5.82 Å². The van der Waals surface area contributed by atoms with Crippen LogP contribution in [0.3, 0.4) is 0 Å². The monoisotopic (exact) mass is 200 g/mol. The van der Waals surface area contributed by atoms with Crippen molar-refractivity contribution in [3.63, 3.8) is 0 Å². The van der Waals surface area contributed by atoms with E-state index in [1.54, 1.807) is 0 Å². The molecule has 0 bridgehead atoms. The van der Waals surface area contributed by atoms with Crippen LogP contribution in [0, 0.1) is 11.6 Å². The predicted octanol–water partition coefficient (Wildman–Crippen LogP) is 1.95. The topological polar surface area (TPSA) is 29.5 Å². The van der Waals surface area contributed by atoms with E-state index in [1.165, 1.54) is 7.11 Å². The average Bonchev–Trinajstić information content (AvgIpc) is 2.88. The van der Waals surface area contributed by atoms with E-state index < -0.39 is 17.2 Å². The maximum Gasteiger partial charge on any atom is 0.165 e. The standard InChI is InChI=1S/C10H10F2O2/c1-14-9-5-7(11)6(4-8(9)12)10(13)2-3-10/h4-5,13H,2-3H2,1H3. The van der Waals surface area contributed by atoms with Gasteiger partial charge in [-0.05, 0) is 18.9 Å². The molecule has 4 heteroatoms. The van der Waals surface area contributed by atoms with Crippen LogP contribution in [0.1, 0.15) is 18.4 Å². The Bertz CT molecular complexity index is 373. The number of hydrogen-bond donors (Lipinski definition) is 1. The van der Waals surface area contributed by atoms with Crippen molar-refractivity contribution in [2.75, 3.05) is 7.11 Å². The largest absolute Gasteiger partial charge is 0.494 e. The van der Waals surface area contributed by atoms with Crippen molar-refractivity contribution >= 4 is 0 Å². The minimum absolute atomic E-state index is 0.0239. The van der Waals surface area contributed by atoms with Crippen LogP contribution in [0.5, 0.6) is 5.75 Å². The summed E-state index contributed by atoms with van der Waals surface area (Å²) in [6.07, 6.45) is 0.964. The maximum absolute atomic E-state index is 13.3. The molecule has 14 heavy (non-hydrogen) atoms. The molecule has 1 aliphatic rings. The van der Waals surface area contributed by atoms with Gasteiger partial charge in [-0.1, -0.05) is 0 Å². The SMILES string of the molecule is COc1cc(F)c(C2(O)CC2)cc1F. The summed E-state index contributed by atoms with van der Waals surface area (Å²) in [5.41, 5.74) is -1.13. The molecule has 1 aliphatic carbocycles. The van der Waals surface area contributed by atoms with Gasteiger partial charge in [0.2, 0.25) is 0 Å². The van der Waals surface area contributed by atoms with Crippen molar-refractivity contribution in [1.29, 1.82) is 0 Å². The molecular weight excluding hydrogens is 190 g/mol. The molecular formula is C10H10F2O2. The number of hydrogen-bond acceptors (Lipinski definition) is 2. The van der Waals surface area contributed by atoms with Crippen molar-refractivity contribution in [3.05, 3.63) is 29.3 Å². The molecule has 1 saturated carbocycles. The summed E-state index contributed by atoms with van der Waals surface area (Å²) in [5, 5.41) is 9.62. The predicted molar refractivity (Wildman–Crippen MR) is 46.0 cm³/mol. The van der Waals surface area contributed by atoms with Crippen molar-refractivity contribution in [2.45, 2.75) is 18.4 Å². The van der Waals surface area contributed by atoms with Gasteiger partial charge in [0, 0.05) is 11.6 Å². The Morgan fingerprint density at radius 1 is 1.29 bits per heavy atom. The molecule has 1 aromatic carbocycles. The van der Waals surface area contributed by atoms with Gasteiger partial charge >= 0.3 is 0 Å². The summed E-state index contributed by atoms with van der Waals surface area (Å²) >= 11 is 0. The van der Waals surface area contributed by atoms with Crippen LogP contribution in [-0.4, -0.2) is 12.2 Å². The zero-order valence-corrected chi connectivity index (χ0v) is 7.68. The average molecular weight is 200 g/mol. The van der Waals surface area contributed by atoms with Gasteiger partial charge in [0.15, 0.2) is 11.6 Å². The number of benzene rings is 1. The van der Waals surface area contributed by atoms with Crippen LogP contribution in [0.25, 0.3) is 0 Å². The van der Waals surface area contributed by atoms with Crippen LogP contribution < -0.4 is 4.74 Å². The lowest BCUT2D eigenvalue weighted by molar-refractivity contribution is 0.146. The lowest BCUT2D eigenvalue weighted by atomic mass is 10.1. The van der Waals surface area contributed by atoms with Gasteiger partial charge in [-0.3, -0.25) is 0 Å². The molecule has 0 radical (unpaired) electrons. The maximum atomic E-state index is 13.3. The first-order valence-electron chi connectivity index (χ1n) is 4.33. The van der Waals surface area contributed by atoms with Crippen LogP contribution in [0.4, 0.5) is 8.78 Å². The summed E-state index contributed by atoms with van der Waals surface area (Å²) < 4.78 is 31.1. The summed E-state index contributed by atoms with van der Waals surface area (Å²) in [5.74, 6) is -1.41. The lowest BCUT2D eigenvalue weighted by Crippen LogP contribution is -2.08. The molecule has 76 valence electrons. The minimum atomic E-state index is -1.16. The molecule has 1 N–H and O–H groups in total. The second-order valence-corrected chi connectivity index (χ2v) is 3.50. The van der Waals surface area contributed by atoms with E-state index in [1.807, 2.05) is 0 Å². The molecule has 1 aromatic rings. The Kier molecular flexibility index (Phi) is 1.96. The first-order valence-corrected chi connectivity index (χ1v) is 4.33. The fourth-order valence-electron chi connectivity index (χ4n) is 1.43. The molecule has 1 fully saturated rings. The van der Waals surface area contributed by atoms with Crippen molar-refractivity contribution in [3.8, 4) is 5.75 Å². The summed E-state index contributed by atoms with van der Waals surface area (Å²) in [4.78, 5) is 0. The molecule has 0 saturated heterocycles. The van der Waals surface area contributed by atoms with Crippen LogP contribution >= 0.6 is 0 Å². The zero-order valence-electron chi connectivity index (χ0n) is 7.68. The Balaban J connectivity index is 2.48. The first kappa shape index (κ1) is 9.40. The third-order valence-electron chi connectivity index (χ3n) is 2.47. The Morgan fingerprint density at radius 3 is 2.43 bits per heavy atom. The van der Waals surface area contributed by atoms with E-state index in [4.69, 9.17) is 0 Å². The third kappa shape index (κ3) is 1.35. The quantitative estimate of drug-likeness (QED) is 0.790. The van der Waals surface area contributed by atoms with Gasteiger partial charge in [-0.2, -0.15) is 0 Å². The fourth-order valence-corrected chi connectivity index (χ4v) is 1.43. The number of halogens is 2. The number of aliphatic hydroxyl groups is 1. The van der Waals surface area contributed by atoms with E-state index in [0.717, 1.165) is 12.1 Å². The second-order valence-electron chi connectivity index (χ2n) is 3.50. The number of ether oxygens (including phenoxy) is 1. The molecule has 2 rings (SSSR count). The van der Waals surface area contributed by atoms with Gasteiger partial charge in [-0.15, -0.1) is 0 Å². The highest BCUT2D eigenvalue weighted by atomic mass is 19.1. The van der Waals surface area contributed by atoms with E-state index in [-0.39, 0.29) is 11.3 Å². The highest BCUT2D eigenvalue weighted by Crippen LogP contribution is 2.47. The minimum Gasteiger partial charge on any atom is -0.494 e. The van der Waals surface area contributed by atoms with Crippen molar-refractivity contribution in [2.24, 2.45) is 0 Å². The molecule has 0 aromatic heterocycles. The molecule has 0 heterocycles. The summed E-state index contributed by atoms with van der Waals surface area (Å²) in [6.45, 7) is 0. The van der Waals surface area contributed by atoms with Crippen molar-refractivity contribution < 1.29 is 18.6 Å². The molecule has 0 atom stereocenters. The van der Waals surface area contributed by atoms with Gasteiger partial charge in [0.05, 0.1) is 12.7 Å². The number of methoxy groups -OCH3 is 1. The molecule has 0 amide bonds. The summed E-state index contributed by atoms with van der Waals surface area (Å²) in [6, 6.07) is 1.96. The Labute approximate surface area is 80.1 Å². The normalized spacial score (nSPS) is 18.0. The van der Waals surface area contributed by atoms with E-state index in [9.17, 15) is 13.9 Å². The molecule has 0 aliphatic heterocycles. The number of rotatable bonds is 2. The summed E-state index contributed by atoms with van der Waals surface area (Å²) in [7, 11) is 1.27. The Morgan fingerprint density at radius 2 is 1.93 bits per heavy atom. The van der Waals surface area contributed by atoms with Crippen LogP contribution in [0.15, 0.2) is 12.1 Å². The highest BCUT2D eigenvalue weighted by Gasteiger charge is 2.44. The molecule has 2 nitrogen and oxygen atoms in total. The van der Waals surface area contributed by atoms with Crippen molar-refractivity contribution in [1.82, 2.24) is 0 Å². The smallest absolute Gasteiger partial charge is 0.165 e. The molecule has 0 unspecified atom stereocenters. The second kappa shape index (κ2) is 2.92. The molecule has 0 spiro atoms. The van der Waals surface area contributed by atoms with Gasteiger partial charge in [0.25, 0.3) is 0 Å².